The molecule has 0 saturated carbocycles. The second-order valence-electron chi connectivity index (χ2n) is 4.55. The molecule has 5 heteroatoms. The molecule has 4 N–H and O–H groups in total. The van der Waals surface area contributed by atoms with Gasteiger partial charge in [0.05, 0.1) is 17.4 Å². The first-order valence-electron chi connectivity index (χ1n) is 6.14. The largest absolute Gasteiger partial charge is 0.328 e. The van der Waals surface area contributed by atoms with Crippen molar-refractivity contribution in [3.05, 3.63) is 24.4 Å². The quantitative estimate of drug-likeness (QED) is 0.754. The molecule has 0 fully saturated rings. The Labute approximate surface area is 106 Å². The van der Waals surface area contributed by atoms with Crippen LogP contribution >= 0.6 is 0 Å². The molecule has 1 atom stereocenters. The van der Waals surface area contributed by atoms with Crippen LogP contribution in [0.1, 0.15) is 26.2 Å². The molecule has 0 bridgehead atoms. The summed E-state index contributed by atoms with van der Waals surface area (Å²) in [4.78, 5) is 11.8. The summed E-state index contributed by atoms with van der Waals surface area (Å²) >= 11 is 0. The van der Waals surface area contributed by atoms with E-state index in [1.807, 2.05) is 25.1 Å². The van der Waals surface area contributed by atoms with Gasteiger partial charge >= 0.3 is 0 Å². The highest BCUT2D eigenvalue weighted by atomic mass is 16.1. The summed E-state index contributed by atoms with van der Waals surface area (Å²) in [5.74, 6) is 0.0179. The third kappa shape index (κ3) is 3.07. The van der Waals surface area contributed by atoms with Crippen molar-refractivity contribution in [2.75, 3.05) is 5.32 Å². The number of nitrogens with zero attached hydrogens (tertiary/aromatic N) is 1. The normalized spacial score (nSPS) is 12.6. The van der Waals surface area contributed by atoms with Gasteiger partial charge in [-0.1, -0.05) is 6.07 Å². The molecule has 1 heterocycles. The number of benzene rings is 1. The summed E-state index contributed by atoms with van der Waals surface area (Å²) < 4.78 is 0. The van der Waals surface area contributed by atoms with E-state index in [2.05, 4.69) is 15.5 Å². The highest BCUT2D eigenvalue weighted by Crippen LogP contribution is 2.21. The van der Waals surface area contributed by atoms with Gasteiger partial charge in [-0.05, 0) is 31.9 Å². The number of anilines is 1. The lowest BCUT2D eigenvalue weighted by molar-refractivity contribution is -0.116. The zero-order chi connectivity index (χ0) is 13.0. The third-order valence-corrected chi connectivity index (χ3v) is 2.82. The van der Waals surface area contributed by atoms with Gasteiger partial charge in [0.2, 0.25) is 5.91 Å². The fourth-order valence-electron chi connectivity index (χ4n) is 1.87. The van der Waals surface area contributed by atoms with E-state index in [9.17, 15) is 4.79 Å². The van der Waals surface area contributed by atoms with Crippen LogP contribution in [0.15, 0.2) is 24.4 Å². The van der Waals surface area contributed by atoms with Crippen molar-refractivity contribution >= 4 is 22.5 Å². The fraction of sp³-hybridized carbons (Fsp3) is 0.385. The summed E-state index contributed by atoms with van der Waals surface area (Å²) in [5.41, 5.74) is 7.37. The van der Waals surface area contributed by atoms with Crippen LogP contribution in [0.25, 0.3) is 10.9 Å². The molecule has 0 aliphatic heterocycles. The van der Waals surface area contributed by atoms with Gasteiger partial charge in [-0.2, -0.15) is 5.10 Å². The Balaban J connectivity index is 1.96. The number of amides is 1. The van der Waals surface area contributed by atoms with Crippen LogP contribution in [0.4, 0.5) is 5.69 Å². The number of nitrogens with one attached hydrogen (secondary N) is 2. The average Bonchev–Trinajstić information content (AvgIpc) is 2.77. The number of rotatable bonds is 5. The number of aromatic nitrogens is 2. The van der Waals surface area contributed by atoms with Crippen LogP contribution < -0.4 is 11.1 Å². The molecule has 5 nitrogen and oxygen atoms in total. The van der Waals surface area contributed by atoms with Crippen molar-refractivity contribution in [1.82, 2.24) is 10.2 Å². The summed E-state index contributed by atoms with van der Waals surface area (Å²) in [6.07, 6.45) is 3.89. The van der Waals surface area contributed by atoms with Crippen molar-refractivity contribution in [3.8, 4) is 0 Å². The Bertz CT molecular complexity index is 533. The fourth-order valence-corrected chi connectivity index (χ4v) is 1.87. The molecular formula is C13H18N4O. The lowest BCUT2D eigenvalue weighted by Gasteiger charge is -2.07. The zero-order valence-electron chi connectivity index (χ0n) is 10.4. The van der Waals surface area contributed by atoms with Crippen LogP contribution in [0, 0.1) is 0 Å². The first kappa shape index (κ1) is 12.6. The van der Waals surface area contributed by atoms with E-state index in [0.717, 1.165) is 29.4 Å². The number of carbonyl (C=O) groups is 1. The van der Waals surface area contributed by atoms with E-state index in [1.54, 1.807) is 6.20 Å². The standard InChI is InChI=1S/C13H18N4O/c1-9(14)4-2-7-13(18)16-11-5-3-6-12-10(11)8-15-17-12/h3,5-6,8-9H,2,4,7,14H2,1H3,(H,15,17)(H,16,18). The first-order chi connectivity index (χ1) is 8.66. The van der Waals surface area contributed by atoms with Gasteiger partial charge in [0.1, 0.15) is 0 Å². The van der Waals surface area contributed by atoms with Gasteiger partial charge in [0.15, 0.2) is 0 Å². The monoisotopic (exact) mass is 246 g/mol. The highest BCUT2D eigenvalue weighted by Gasteiger charge is 2.07. The average molecular weight is 246 g/mol. The SMILES string of the molecule is CC(N)CCCC(=O)Nc1cccc2[nH]ncc12. The van der Waals surface area contributed by atoms with Gasteiger partial charge in [-0.15, -0.1) is 0 Å². The Hall–Kier alpha value is -1.88. The number of fused-ring (bicyclic) bond motifs is 1. The van der Waals surface area contributed by atoms with Crippen molar-refractivity contribution in [2.24, 2.45) is 5.73 Å². The summed E-state index contributed by atoms with van der Waals surface area (Å²) in [7, 11) is 0. The molecule has 0 spiro atoms. The molecular weight excluding hydrogens is 228 g/mol. The van der Waals surface area contributed by atoms with Crippen LogP contribution in [0.3, 0.4) is 0 Å². The second-order valence-corrected chi connectivity index (χ2v) is 4.55. The molecule has 18 heavy (non-hydrogen) atoms. The molecule has 0 saturated heterocycles. The van der Waals surface area contributed by atoms with Crippen LogP contribution in [-0.4, -0.2) is 22.1 Å². The Morgan fingerprint density at radius 3 is 3.17 bits per heavy atom. The number of hydrogen-bond donors (Lipinski definition) is 3. The van der Waals surface area contributed by atoms with E-state index < -0.39 is 0 Å². The molecule has 1 aromatic carbocycles. The highest BCUT2D eigenvalue weighted by molar-refractivity contribution is 6.00. The van der Waals surface area contributed by atoms with Gasteiger partial charge < -0.3 is 11.1 Å². The minimum absolute atomic E-state index is 0.0179. The molecule has 2 rings (SSSR count). The molecule has 0 radical (unpaired) electrons. The van der Waals surface area contributed by atoms with E-state index in [1.165, 1.54) is 0 Å². The smallest absolute Gasteiger partial charge is 0.224 e. The Kier molecular flexibility index (Phi) is 3.94. The van der Waals surface area contributed by atoms with E-state index in [-0.39, 0.29) is 11.9 Å². The topological polar surface area (TPSA) is 83.8 Å². The number of carbonyl (C=O) groups excluding carboxylic acids is 1. The maximum absolute atomic E-state index is 11.8. The number of nitrogens with two attached hydrogens (primary N) is 1. The Morgan fingerprint density at radius 2 is 2.39 bits per heavy atom. The van der Waals surface area contributed by atoms with Crippen LogP contribution in [0.5, 0.6) is 0 Å². The van der Waals surface area contributed by atoms with Gasteiger partial charge in [0.25, 0.3) is 0 Å². The molecule has 1 aromatic heterocycles. The first-order valence-corrected chi connectivity index (χ1v) is 6.14. The third-order valence-electron chi connectivity index (χ3n) is 2.82. The summed E-state index contributed by atoms with van der Waals surface area (Å²) in [5, 5.41) is 10.7. The maximum Gasteiger partial charge on any atom is 0.224 e. The van der Waals surface area contributed by atoms with E-state index >= 15 is 0 Å². The van der Waals surface area contributed by atoms with E-state index in [0.29, 0.717) is 6.42 Å². The van der Waals surface area contributed by atoms with Crippen LogP contribution in [0.2, 0.25) is 0 Å². The number of hydrogen-bond acceptors (Lipinski definition) is 3. The van der Waals surface area contributed by atoms with Gasteiger partial charge in [-0.3, -0.25) is 9.89 Å². The predicted octanol–water partition coefficient (Wildman–Crippen LogP) is 2.02. The number of H-pyrrole nitrogens is 1. The molecule has 0 aliphatic rings. The lowest BCUT2D eigenvalue weighted by atomic mass is 10.1. The van der Waals surface area contributed by atoms with Gasteiger partial charge in [-0.25, -0.2) is 0 Å². The van der Waals surface area contributed by atoms with Crippen molar-refractivity contribution in [1.29, 1.82) is 0 Å². The van der Waals surface area contributed by atoms with Crippen molar-refractivity contribution in [3.63, 3.8) is 0 Å². The van der Waals surface area contributed by atoms with E-state index in [4.69, 9.17) is 5.73 Å². The summed E-state index contributed by atoms with van der Waals surface area (Å²) in [6.45, 7) is 1.95. The molecule has 2 aromatic rings. The molecule has 1 unspecified atom stereocenters. The van der Waals surface area contributed by atoms with Crippen molar-refractivity contribution < 1.29 is 4.79 Å². The minimum Gasteiger partial charge on any atom is -0.328 e. The molecule has 0 aliphatic carbocycles. The van der Waals surface area contributed by atoms with Crippen molar-refractivity contribution in [2.45, 2.75) is 32.2 Å². The van der Waals surface area contributed by atoms with Gasteiger partial charge in [0, 0.05) is 17.8 Å². The molecule has 96 valence electrons. The predicted molar refractivity (Wildman–Crippen MR) is 72.2 cm³/mol. The second kappa shape index (κ2) is 5.64. The van der Waals surface area contributed by atoms with Crippen LogP contribution in [-0.2, 0) is 4.79 Å². The molecule has 1 amide bonds. The lowest BCUT2D eigenvalue weighted by Crippen LogP contribution is -2.16. The summed E-state index contributed by atoms with van der Waals surface area (Å²) in [6, 6.07) is 5.84. The zero-order valence-corrected chi connectivity index (χ0v) is 10.4. The minimum atomic E-state index is 0.0179. The number of aromatic amines is 1. The maximum atomic E-state index is 11.8. The Morgan fingerprint density at radius 1 is 1.56 bits per heavy atom.